The average molecular weight is 239 g/mol. The van der Waals surface area contributed by atoms with Crippen molar-refractivity contribution in [3.63, 3.8) is 0 Å². The van der Waals surface area contributed by atoms with Crippen LogP contribution in [0, 0.1) is 0 Å². The third-order valence-electron chi connectivity index (χ3n) is 3.06. The zero-order chi connectivity index (χ0) is 12.4. The van der Waals surface area contributed by atoms with Crippen LogP contribution < -0.4 is 0 Å². The van der Waals surface area contributed by atoms with E-state index in [9.17, 15) is 9.90 Å². The molecule has 17 heavy (non-hydrogen) atoms. The van der Waals surface area contributed by atoms with E-state index in [1.165, 1.54) is 6.07 Å². The highest BCUT2D eigenvalue weighted by Gasteiger charge is 2.20. The number of carbonyl (C=O) groups excluding carboxylic acids is 1. The number of carbonyl (C=O) groups is 1. The Hall–Kier alpha value is -1.69. The largest absolute Gasteiger partial charge is 0.495 e. The van der Waals surface area contributed by atoms with Crippen LogP contribution in [0.5, 0.6) is 11.8 Å². The molecule has 1 amide bonds. The van der Waals surface area contributed by atoms with Gasteiger partial charge in [0.1, 0.15) is 0 Å². The third-order valence-corrected chi connectivity index (χ3v) is 3.06. The first-order valence-electron chi connectivity index (χ1n) is 5.62. The van der Waals surface area contributed by atoms with E-state index in [0.29, 0.717) is 18.7 Å². The summed E-state index contributed by atoms with van der Waals surface area (Å²) in [6.07, 6.45) is 0.118. The number of aromatic amines is 1. The normalized spacial score (nSPS) is 17.4. The number of piperazine rings is 1. The summed E-state index contributed by atoms with van der Waals surface area (Å²) in [5, 5.41) is 18.6. The van der Waals surface area contributed by atoms with E-state index in [-0.39, 0.29) is 24.1 Å². The Bertz CT molecular complexity index is 408. The minimum absolute atomic E-state index is 0.0209. The SMILES string of the molecule is CN1CCN(C(=O)Cc2cc(O)[nH]c2O)CC1. The average Bonchev–Trinajstić information content (AvgIpc) is 2.58. The number of aromatic hydroxyl groups is 2. The Balaban J connectivity index is 1.95. The molecule has 2 rings (SSSR count). The minimum Gasteiger partial charge on any atom is -0.495 e. The van der Waals surface area contributed by atoms with E-state index in [0.717, 1.165) is 13.1 Å². The molecule has 1 aliphatic heterocycles. The first-order chi connectivity index (χ1) is 8.06. The van der Waals surface area contributed by atoms with E-state index in [1.54, 1.807) is 4.90 Å². The number of nitrogens with one attached hydrogen (secondary N) is 1. The van der Waals surface area contributed by atoms with E-state index < -0.39 is 0 Å². The van der Waals surface area contributed by atoms with Gasteiger partial charge in [-0.1, -0.05) is 0 Å². The number of amides is 1. The van der Waals surface area contributed by atoms with Crippen LogP contribution in [0.3, 0.4) is 0 Å². The van der Waals surface area contributed by atoms with Gasteiger partial charge in [0.2, 0.25) is 5.91 Å². The second kappa shape index (κ2) is 4.67. The lowest BCUT2D eigenvalue weighted by atomic mass is 10.2. The number of H-pyrrole nitrogens is 1. The fourth-order valence-electron chi connectivity index (χ4n) is 1.94. The summed E-state index contributed by atoms with van der Waals surface area (Å²) in [7, 11) is 2.03. The van der Waals surface area contributed by atoms with Gasteiger partial charge < -0.3 is 20.0 Å². The highest BCUT2D eigenvalue weighted by Crippen LogP contribution is 2.22. The molecule has 6 heteroatoms. The molecule has 0 aromatic carbocycles. The van der Waals surface area contributed by atoms with Crippen molar-refractivity contribution in [1.82, 2.24) is 14.8 Å². The lowest BCUT2D eigenvalue weighted by Gasteiger charge is -2.32. The van der Waals surface area contributed by atoms with Crippen LogP contribution in [-0.4, -0.2) is 64.1 Å². The molecule has 0 spiro atoms. The molecule has 0 aliphatic carbocycles. The molecule has 0 atom stereocenters. The summed E-state index contributed by atoms with van der Waals surface area (Å²) in [6.45, 7) is 3.17. The lowest BCUT2D eigenvalue weighted by molar-refractivity contribution is -0.132. The fraction of sp³-hybridized carbons (Fsp3) is 0.545. The topological polar surface area (TPSA) is 79.8 Å². The summed E-state index contributed by atoms with van der Waals surface area (Å²) in [6, 6.07) is 1.38. The van der Waals surface area contributed by atoms with E-state index in [4.69, 9.17) is 5.11 Å². The second-order valence-electron chi connectivity index (χ2n) is 4.39. The summed E-state index contributed by atoms with van der Waals surface area (Å²) >= 11 is 0. The molecule has 0 radical (unpaired) electrons. The van der Waals surface area contributed by atoms with Crippen LogP contribution >= 0.6 is 0 Å². The third kappa shape index (κ3) is 2.71. The van der Waals surface area contributed by atoms with Crippen LogP contribution in [0.4, 0.5) is 0 Å². The fourth-order valence-corrected chi connectivity index (χ4v) is 1.94. The van der Waals surface area contributed by atoms with Crippen molar-refractivity contribution in [3.05, 3.63) is 11.6 Å². The summed E-state index contributed by atoms with van der Waals surface area (Å²) in [5.41, 5.74) is 0.437. The second-order valence-corrected chi connectivity index (χ2v) is 4.39. The molecule has 6 nitrogen and oxygen atoms in total. The molecule has 94 valence electrons. The monoisotopic (exact) mass is 239 g/mol. The zero-order valence-corrected chi connectivity index (χ0v) is 9.81. The van der Waals surface area contributed by atoms with Crippen LogP contribution in [0.15, 0.2) is 6.07 Å². The van der Waals surface area contributed by atoms with Crippen molar-refractivity contribution in [1.29, 1.82) is 0 Å². The van der Waals surface area contributed by atoms with Crippen molar-refractivity contribution in [3.8, 4) is 11.8 Å². The Labute approximate surface area is 99.5 Å². The molecule has 1 saturated heterocycles. The van der Waals surface area contributed by atoms with Gasteiger partial charge in [-0.2, -0.15) is 0 Å². The lowest BCUT2D eigenvalue weighted by Crippen LogP contribution is -2.47. The van der Waals surface area contributed by atoms with Gasteiger partial charge in [-0.3, -0.25) is 9.78 Å². The summed E-state index contributed by atoms with van der Waals surface area (Å²) < 4.78 is 0. The molecule has 0 saturated carbocycles. The Morgan fingerprint density at radius 1 is 1.35 bits per heavy atom. The number of rotatable bonds is 2. The molecule has 1 aromatic heterocycles. The molecule has 2 heterocycles. The van der Waals surface area contributed by atoms with Crippen molar-refractivity contribution in [2.24, 2.45) is 0 Å². The molecule has 1 fully saturated rings. The van der Waals surface area contributed by atoms with Gasteiger partial charge in [0.05, 0.1) is 6.42 Å². The first kappa shape index (κ1) is 11.8. The molecule has 3 N–H and O–H groups in total. The molecule has 1 aliphatic rings. The van der Waals surface area contributed by atoms with Crippen molar-refractivity contribution < 1.29 is 15.0 Å². The standard InChI is InChI=1S/C11H17N3O3/c1-13-2-4-14(5-3-13)10(16)7-8-6-9(15)12-11(8)17/h6,12,15,17H,2-5,7H2,1H3. The van der Waals surface area contributed by atoms with Crippen LogP contribution in [0.1, 0.15) is 5.56 Å². The van der Waals surface area contributed by atoms with Gasteiger partial charge in [0.25, 0.3) is 0 Å². The number of hydrogen-bond acceptors (Lipinski definition) is 4. The smallest absolute Gasteiger partial charge is 0.227 e. The molecule has 0 bridgehead atoms. The number of aromatic nitrogens is 1. The van der Waals surface area contributed by atoms with Crippen molar-refractivity contribution in [2.45, 2.75) is 6.42 Å². The molecule has 0 unspecified atom stereocenters. The van der Waals surface area contributed by atoms with Crippen LogP contribution in [-0.2, 0) is 11.2 Å². The van der Waals surface area contributed by atoms with Gasteiger partial charge in [0.15, 0.2) is 11.8 Å². The minimum atomic E-state index is -0.134. The Morgan fingerprint density at radius 3 is 2.53 bits per heavy atom. The van der Waals surface area contributed by atoms with E-state index >= 15 is 0 Å². The zero-order valence-electron chi connectivity index (χ0n) is 9.81. The van der Waals surface area contributed by atoms with E-state index in [2.05, 4.69) is 9.88 Å². The number of nitrogens with zero attached hydrogens (tertiary/aromatic N) is 2. The first-order valence-corrected chi connectivity index (χ1v) is 5.62. The quantitative estimate of drug-likeness (QED) is 0.664. The Kier molecular flexibility index (Phi) is 3.23. The van der Waals surface area contributed by atoms with Gasteiger partial charge in [0, 0.05) is 37.8 Å². The molecule has 1 aromatic rings. The highest BCUT2D eigenvalue weighted by molar-refractivity contribution is 5.79. The van der Waals surface area contributed by atoms with Crippen LogP contribution in [0.25, 0.3) is 0 Å². The number of likely N-dealkylation sites (N-methyl/N-ethyl adjacent to an activating group) is 1. The summed E-state index contributed by atoms with van der Waals surface area (Å²) in [4.78, 5) is 18.2. The number of hydrogen-bond donors (Lipinski definition) is 3. The van der Waals surface area contributed by atoms with E-state index in [1.807, 2.05) is 7.05 Å². The van der Waals surface area contributed by atoms with Gasteiger partial charge in [-0.15, -0.1) is 0 Å². The van der Waals surface area contributed by atoms with Gasteiger partial charge in [-0.05, 0) is 7.05 Å². The van der Waals surface area contributed by atoms with Gasteiger partial charge in [-0.25, -0.2) is 0 Å². The van der Waals surface area contributed by atoms with Crippen molar-refractivity contribution in [2.75, 3.05) is 33.2 Å². The highest BCUT2D eigenvalue weighted by atomic mass is 16.3. The van der Waals surface area contributed by atoms with Crippen LogP contribution in [0.2, 0.25) is 0 Å². The maximum absolute atomic E-state index is 11.9. The van der Waals surface area contributed by atoms with Gasteiger partial charge >= 0.3 is 0 Å². The predicted octanol–water partition coefficient (Wildman–Crippen LogP) is -0.258. The van der Waals surface area contributed by atoms with Crippen molar-refractivity contribution >= 4 is 5.91 Å². The molecular formula is C11H17N3O3. The predicted molar refractivity (Wildman–Crippen MR) is 61.9 cm³/mol. The maximum Gasteiger partial charge on any atom is 0.227 e. The Morgan fingerprint density at radius 2 is 2.00 bits per heavy atom. The maximum atomic E-state index is 11.9. The summed E-state index contributed by atoms with van der Waals surface area (Å²) in [5.74, 6) is -0.277. The molecular weight excluding hydrogens is 222 g/mol.